The Morgan fingerprint density at radius 3 is 2.25 bits per heavy atom. The van der Waals surface area contributed by atoms with E-state index in [0.29, 0.717) is 11.0 Å². The SMILES string of the molecule is C[C@@H](NS(=O)(=O)c1ccc2c(c1)n(C)c(=O)n2C)c1ccccc1. The maximum Gasteiger partial charge on any atom is 0.328 e. The highest BCUT2D eigenvalue weighted by Crippen LogP contribution is 2.20. The van der Waals surface area contributed by atoms with Crippen molar-refractivity contribution in [3.8, 4) is 0 Å². The molecule has 126 valence electrons. The van der Waals surface area contributed by atoms with E-state index in [0.717, 1.165) is 5.56 Å². The molecule has 0 saturated heterocycles. The Labute approximate surface area is 140 Å². The average Bonchev–Trinajstić information content (AvgIpc) is 2.79. The minimum Gasteiger partial charge on any atom is -0.295 e. The van der Waals surface area contributed by atoms with Crippen LogP contribution in [-0.2, 0) is 24.1 Å². The number of aryl methyl sites for hydroxylation is 2. The van der Waals surface area contributed by atoms with E-state index in [9.17, 15) is 13.2 Å². The van der Waals surface area contributed by atoms with E-state index in [2.05, 4.69) is 4.72 Å². The first-order valence-corrected chi connectivity index (χ1v) is 9.02. The summed E-state index contributed by atoms with van der Waals surface area (Å²) in [6, 6.07) is 13.7. The third kappa shape index (κ3) is 2.76. The molecule has 0 spiro atoms. The van der Waals surface area contributed by atoms with Crippen LogP contribution >= 0.6 is 0 Å². The van der Waals surface area contributed by atoms with Crippen LogP contribution in [0.15, 0.2) is 58.2 Å². The van der Waals surface area contributed by atoms with Crippen molar-refractivity contribution in [3.63, 3.8) is 0 Å². The summed E-state index contributed by atoms with van der Waals surface area (Å²) in [5.74, 6) is 0. The molecule has 0 aliphatic rings. The third-order valence-corrected chi connectivity index (χ3v) is 5.72. The van der Waals surface area contributed by atoms with Gasteiger partial charge in [-0.15, -0.1) is 0 Å². The summed E-state index contributed by atoms with van der Waals surface area (Å²) < 4.78 is 30.9. The molecule has 0 saturated carbocycles. The highest BCUT2D eigenvalue weighted by atomic mass is 32.2. The normalized spacial score (nSPS) is 13.3. The zero-order valence-electron chi connectivity index (χ0n) is 13.7. The van der Waals surface area contributed by atoms with Crippen molar-refractivity contribution in [1.29, 1.82) is 0 Å². The van der Waals surface area contributed by atoms with Crippen LogP contribution in [0.5, 0.6) is 0 Å². The number of benzene rings is 2. The van der Waals surface area contributed by atoms with Crippen LogP contribution in [0.1, 0.15) is 18.5 Å². The number of sulfonamides is 1. The number of nitrogens with one attached hydrogen (secondary N) is 1. The smallest absolute Gasteiger partial charge is 0.295 e. The molecule has 0 radical (unpaired) electrons. The van der Waals surface area contributed by atoms with Crippen molar-refractivity contribution in [2.24, 2.45) is 14.1 Å². The molecule has 1 aromatic heterocycles. The van der Waals surface area contributed by atoms with Crippen molar-refractivity contribution in [3.05, 3.63) is 64.6 Å². The molecule has 6 nitrogen and oxygen atoms in total. The van der Waals surface area contributed by atoms with Crippen LogP contribution in [0.3, 0.4) is 0 Å². The number of aromatic nitrogens is 2. The lowest BCUT2D eigenvalue weighted by molar-refractivity contribution is 0.567. The van der Waals surface area contributed by atoms with Gasteiger partial charge in [-0.2, -0.15) is 0 Å². The van der Waals surface area contributed by atoms with Gasteiger partial charge in [0.15, 0.2) is 0 Å². The number of hydrogen-bond donors (Lipinski definition) is 1. The van der Waals surface area contributed by atoms with Gasteiger partial charge < -0.3 is 0 Å². The quantitative estimate of drug-likeness (QED) is 0.785. The molecule has 0 fully saturated rings. The first-order chi connectivity index (χ1) is 11.3. The molecular formula is C17H19N3O3S. The molecular weight excluding hydrogens is 326 g/mol. The van der Waals surface area contributed by atoms with E-state index in [1.807, 2.05) is 30.3 Å². The largest absolute Gasteiger partial charge is 0.328 e. The maximum atomic E-state index is 12.7. The van der Waals surface area contributed by atoms with Gasteiger partial charge in [0.1, 0.15) is 0 Å². The van der Waals surface area contributed by atoms with E-state index in [4.69, 9.17) is 0 Å². The second kappa shape index (κ2) is 5.92. The van der Waals surface area contributed by atoms with Gasteiger partial charge in [-0.25, -0.2) is 17.9 Å². The van der Waals surface area contributed by atoms with Crippen molar-refractivity contribution < 1.29 is 8.42 Å². The molecule has 0 unspecified atom stereocenters. The van der Waals surface area contributed by atoms with Gasteiger partial charge in [0.25, 0.3) is 0 Å². The fraction of sp³-hybridized carbons (Fsp3) is 0.235. The fourth-order valence-electron chi connectivity index (χ4n) is 2.76. The van der Waals surface area contributed by atoms with Crippen molar-refractivity contribution in [1.82, 2.24) is 13.9 Å². The standard InChI is InChI=1S/C17H19N3O3S/c1-12(13-7-5-4-6-8-13)18-24(22,23)14-9-10-15-16(11-14)20(3)17(21)19(15)2/h4-12,18H,1-3H3/t12-/m1/s1. The topological polar surface area (TPSA) is 73.1 Å². The van der Waals surface area contributed by atoms with E-state index in [-0.39, 0.29) is 16.6 Å². The summed E-state index contributed by atoms with van der Waals surface area (Å²) in [5, 5.41) is 0. The first-order valence-electron chi connectivity index (χ1n) is 7.54. The molecule has 2 aromatic carbocycles. The van der Waals surface area contributed by atoms with Crippen molar-refractivity contribution >= 4 is 21.1 Å². The third-order valence-electron chi connectivity index (χ3n) is 4.19. The Morgan fingerprint density at radius 2 is 1.58 bits per heavy atom. The van der Waals surface area contributed by atoms with E-state index in [1.54, 1.807) is 27.1 Å². The number of hydrogen-bond acceptors (Lipinski definition) is 3. The lowest BCUT2D eigenvalue weighted by atomic mass is 10.1. The second-order valence-electron chi connectivity index (χ2n) is 5.80. The van der Waals surface area contributed by atoms with Gasteiger partial charge in [0.2, 0.25) is 10.0 Å². The van der Waals surface area contributed by atoms with Gasteiger partial charge in [0, 0.05) is 20.1 Å². The minimum atomic E-state index is -3.69. The molecule has 0 amide bonds. The monoisotopic (exact) mass is 345 g/mol. The number of rotatable bonds is 4. The molecule has 1 N–H and O–H groups in total. The van der Waals surface area contributed by atoms with Gasteiger partial charge >= 0.3 is 5.69 Å². The molecule has 3 aromatic rings. The van der Waals surface area contributed by atoms with E-state index < -0.39 is 10.0 Å². The molecule has 24 heavy (non-hydrogen) atoms. The minimum absolute atomic E-state index is 0.138. The van der Waals surface area contributed by atoms with Crippen LogP contribution in [-0.4, -0.2) is 17.6 Å². The van der Waals surface area contributed by atoms with E-state index >= 15 is 0 Å². The van der Waals surface area contributed by atoms with Crippen molar-refractivity contribution in [2.75, 3.05) is 0 Å². The zero-order valence-corrected chi connectivity index (χ0v) is 14.5. The molecule has 7 heteroatoms. The summed E-state index contributed by atoms with van der Waals surface area (Å²) in [5.41, 5.74) is 1.97. The van der Waals surface area contributed by atoms with Crippen LogP contribution in [0.4, 0.5) is 0 Å². The Kier molecular flexibility index (Phi) is 4.06. The van der Waals surface area contributed by atoms with E-state index in [1.165, 1.54) is 21.3 Å². The van der Waals surface area contributed by atoms with Crippen LogP contribution in [0, 0.1) is 0 Å². The van der Waals surface area contributed by atoms with Gasteiger partial charge in [-0.3, -0.25) is 9.13 Å². The summed E-state index contributed by atoms with van der Waals surface area (Å²) in [4.78, 5) is 12.1. The van der Waals surface area contributed by atoms with Gasteiger partial charge in [-0.05, 0) is 30.7 Å². The lowest BCUT2D eigenvalue weighted by Crippen LogP contribution is -2.26. The molecule has 0 aliphatic carbocycles. The predicted octanol–water partition coefficient (Wildman–Crippen LogP) is 1.92. The first kappa shape index (κ1) is 16.5. The summed E-state index contributed by atoms with van der Waals surface area (Å²) in [7, 11) is -0.407. The van der Waals surface area contributed by atoms with Gasteiger partial charge in [-0.1, -0.05) is 30.3 Å². The van der Waals surface area contributed by atoms with Crippen molar-refractivity contribution in [2.45, 2.75) is 17.9 Å². The highest BCUT2D eigenvalue weighted by Gasteiger charge is 2.20. The summed E-state index contributed by atoms with van der Waals surface area (Å²) in [6.45, 7) is 1.80. The Hall–Kier alpha value is -2.38. The average molecular weight is 345 g/mol. The maximum absolute atomic E-state index is 12.7. The Bertz CT molecular complexity index is 1050. The summed E-state index contributed by atoms with van der Waals surface area (Å²) in [6.07, 6.45) is 0. The summed E-state index contributed by atoms with van der Waals surface area (Å²) >= 11 is 0. The second-order valence-corrected chi connectivity index (χ2v) is 7.52. The highest BCUT2D eigenvalue weighted by molar-refractivity contribution is 7.89. The zero-order chi connectivity index (χ0) is 17.5. The molecule has 0 aliphatic heterocycles. The lowest BCUT2D eigenvalue weighted by Gasteiger charge is -2.14. The molecule has 1 heterocycles. The number of fused-ring (bicyclic) bond motifs is 1. The Morgan fingerprint density at radius 1 is 0.958 bits per heavy atom. The fourth-order valence-corrected chi connectivity index (χ4v) is 4.02. The number of nitrogens with zero attached hydrogens (tertiary/aromatic N) is 2. The number of imidazole rings is 1. The van der Waals surface area contributed by atoms with Gasteiger partial charge in [0.05, 0.1) is 15.9 Å². The van der Waals surface area contributed by atoms with Crippen LogP contribution in [0.2, 0.25) is 0 Å². The molecule has 3 rings (SSSR count). The predicted molar refractivity (Wildman–Crippen MR) is 93.3 cm³/mol. The molecule has 1 atom stereocenters. The Balaban J connectivity index is 1.99. The van der Waals surface area contributed by atoms with Crippen LogP contribution in [0.25, 0.3) is 11.0 Å². The van der Waals surface area contributed by atoms with Crippen LogP contribution < -0.4 is 10.4 Å². The molecule has 0 bridgehead atoms.